The molecule has 0 saturated carbocycles. The molecule has 0 spiro atoms. The van der Waals surface area contributed by atoms with E-state index in [0.717, 1.165) is 17.5 Å². The molecule has 0 aromatic heterocycles. The number of aliphatic hydroxyl groups excluding tert-OH is 1. The van der Waals surface area contributed by atoms with E-state index in [1.54, 1.807) is 12.1 Å². The first-order valence-corrected chi connectivity index (χ1v) is 9.72. The molecule has 30 heavy (non-hydrogen) atoms. The fourth-order valence-corrected chi connectivity index (χ4v) is 3.43. The Hall–Kier alpha value is -3.86. The number of esters is 1. The molecule has 0 aliphatic carbocycles. The lowest BCUT2D eigenvalue weighted by Crippen LogP contribution is -2.29. The van der Waals surface area contributed by atoms with Gasteiger partial charge in [0.25, 0.3) is 5.91 Å². The van der Waals surface area contributed by atoms with Gasteiger partial charge in [-0.3, -0.25) is 4.79 Å². The third-order valence-electron chi connectivity index (χ3n) is 4.98. The molecule has 1 atom stereocenters. The first-order valence-electron chi connectivity index (χ1n) is 9.72. The molecule has 1 heterocycles. The third kappa shape index (κ3) is 4.41. The minimum absolute atomic E-state index is 0.0640. The van der Waals surface area contributed by atoms with E-state index < -0.39 is 18.0 Å². The van der Waals surface area contributed by atoms with Gasteiger partial charge in [0.05, 0.1) is 0 Å². The molecule has 3 aromatic carbocycles. The number of carbonyl (C=O) groups is 2. The zero-order valence-electron chi connectivity index (χ0n) is 16.2. The second kappa shape index (κ2) is 8.66. The summed E-state index contributed by atoms with van der Waals surface area (Å²) in [4.78, 5) is 25.0. The van der Waals surface area contributed by atoms with Crippen LogP contribution in [0.3, 0.4) is 0 Å². The summed E-state index contributed by atoms with van der Waals surface area (Å²) in [6.45, 7) is 0. The van der Waals surface area contributed by atoms with Gasteiger partial charge in [-0.25, -0.2) is 4.79 Å². The van der Waals surface area contributed by atoms with Crippen LogP contribution < -0.4 is 5.32 Å². The van der Waals surface area contributed by atoms with Crippen LogP contribution in [0.15, 0.2) is 96.3 Å². The Bertz CT molecular complexity index is 1070. The van der Waals surface area contributed by atoms with Gasteiger partial charge in [0.1, 0.15) is 11.9 Å². The van der Waals surface area contributed by atoms with Crippen molar-refractivity contribution in [3.8, 4) is 0 Å². The second-order valence-corrected chi connectivity index (χ2v) is 7.14. The highest BCUT2D eigenvalue weighted by Gasteiger charge is 2.34. The van der Waals surface area contributed by atoms with Crippen LogP contribution in [0.25, 0.3) is 0 Å². The second-order valence-electron chi connectivity index (χ2n) is 7.14. The van der Waals surface area contributed by atoms with Crippen molar-refractivity contribution in [1.29, 1.82) is 0 Å². The normalized spacial score (nSPS) is 16.1. The van der Waals surface area contributed by atoms with Crippen LogP contribution in [0, 0.1) is 0 Å². The molecule has 1 aliphatic rings. The minimum Gasteiger partial charge on any atom is -0.511 e. The van der Waals surface area contributed by atoms with Crippen LogP contribution in [0.5, 0.6) is 0 Å². The van der Waals surface area contributed by atoms with Gasteiger partial charge in [-0.1, -0.05) is 72.8 Å². The molecule has 0 fully saturated rings. The summed E-state index contributed by atoms with van der Waals surface area (Å²) in [6.07, 6.45) is 0.246. The number of nitrogens with one attached hydrogen (secondary N) is 1. The van der Waals surface area contributed by atoms with Gasteiger partial charge in [-0.2, -0.15) is 0 Å². The SMILES string of the molecule is O=C(Nc1ccc(Cc2ccccc2)cc1)C1=C(O)CC(c2ccccc2)OC1=O. The minimum atomic E-state index is -0.828. The van der Waals surface area contributed by atoms with Crippen LogP contribution in [-0.2, 0) is 20.7 Å². The maximum atomic E-state index is 12.6. The highest BCUT2D eigenvalue weighted by molar-refractivity contribution is 6.21. The van der Waals surface area contributed by atoms with E-state index in [1.807, 2.05) is 60.7 Å². The quantitative estimate of drug-likeness (QED) is 0.481. The Balaban J connectivity index is 1.43. The number of ether oxygens (including phenoxy) is 1. The lowest BCUT2D eigenvalue weighted by molar-refractivity contribution is -0.148. The molecular formula is C25H21NO4. The number of hydrogen-bond acceptors (Lipinski definition) is 4. The first kappa shape index (κ1) is 19.5. The summed E-state index contributed by atoms with van der Waals surface area (Å²) < 4.78 is 5.38. The van der Waals surface area contributed by atoms with Crippen molar-refractivity contribution in [2.45, 2.75) is 18.9 Å². The van der Waals surface area contributed by atoms with Crippen LogP contribution >= 0.6 is 0 Å². The summed E-state index contributed by atoms with van der Waals surface area (Å²) in [6, 6.07) is 26.6. The number of anilines is 1. The maximum absolute atomic E-state index is 12.6. The van der Waals surface area contributed by atoms with Crippen molar-refractivity contribution in [1.82, 2.24) is 0 Å². The number of cyclic esters (lactones) is 1. The third-order valence-corrected chi connectivity index (χ3v) is 4.98. The Morgan fingerprint density at radius 3 is 2.13 bits per heavy atom. The highest BCUT2D eigenvalue weighted by Crippen LogP contribution is 2.31. The molecule has 1 unspecified atom stereocenters. The largest absolute Gasteiger partial charge is 0.511 e. The zero-order valence-corrected chi connectivity index (χ0v) is 16.2. The van der Waals surface area contributed by atoms with Gasteiger partial charge in [0.15, 0.2) is 5.57 Å². The zero-order chi connectivity index (χ0) is 20.9. The van der Waals surface area contributed by atoms with Gasteiger partial charge in [-0.05, 0) is 35.2 Å². The van der Waals surface area contributed by atoms with Crippen LogP contribution in [0.2, 0.25) is 0 Å². The van der Waals surface area contributed by atoms with E-state index >= 15 is 0 Å². The first-order chi connectivity index (χ1) is 14.6. The van der Waals surface area contributed by atoms with Crippen LogP contribution in [0.1, 0.15) is 29.2 Å². The Labute approximate surface area is 174 Å². The molecule has 150 valence electrons. The number of hydrogen-bond donors (Lipinski definition) is 2. The van der Waals surface area contributed by atoms with E-state index in [-0.39, 0.29) is 17.8 Å². The van der Waals surface area contributed by atoms with Crippen molar-refractivity contribution in [3.63, 3.8) is 0 Å². The van der Waals surface area contributed by atoms with E-state index in [4.69, 9.17) is 4.74 Å². The summed E-state index contributed by atoms with van der Waals surface area (Å²) in [7, 11) is 0. The average molecular weight is 399 g/mol. The Kier molecular flexibility index (Phi) is 5.61. The van der Waals surface area contributed by atoms with Gasteiger partial charge < -0.3 is 15.2 Å². The van der Waals surface area contributed by atoms with Crippen molar-refractivity contribution in [2.75, 3.05) is 5.32 Å². The lowest BCUT2D eigenvalue weighted by Gasteiger charge is -2.24. The average Bonchev–Trinajstić information content (AvgIpc) is 2.76. The van der Waals surface area contributed by atoms with Crippen molar-refractivity contribution in [3.05, 3.63) is 113 Å². The van der Waals surface area contributed by atoms with Gasteiger partial charge in [-0.15, -0.1) is 0 Å². The molecular weight excluding hydrogens is 378 g/mol. The summed E-state index contributed by atoms with van der Waals surface area (Å²) >= 11 is 0. The predicted molar refractivity (Wildman–Crippen MR) is 114 cm³/mol. The number of aliphatic hydroxyl groups is 1. The highest BCUT2D eigenvalue weighted by atomic mass is 16.5. The molecule has 3 aromatic rings. The Morgan fingerprint density at radius 2 is 1.50 bits per heavy atom. The fourth-order valence-electron chi connectivity index (χ4n) is 3.43. The molecule has 4 rings (SSSR count). The number of amides is 1. The summed E-state index contributed by atoms with van der Waals surface area (Å²) in [5.74, 6) is -1.77. The number of rotatable bonds is 5. The predicted octanol–water partition coefficient (Wildman–Crippen LogP) is 4.72. The molecule has 5 nitrogen and oxygen atoms in total. The lowest BCUT2D eigenvalue weighted by atomic mass is 10.00. The molecule has 0 bridgehead atoms. The van der Waals surface area contributed by atoms with Crippen LogP contribution in [-0.4, -0.2) is 17.0 Å². The van der Waals surface area contributed by atoms with Gasteiger partial charge in [0.2, 0.25) is 0 Å². The monoisotopic (exact) mass is 399 g/mol. The summed E-state index contributed by atoms with van der Waals surface area (Å²) in [5.41, 5.74) is 3.25. The number of carbonyl (C=O) groups excluding carboxylic acids is 2. The molecule has 1 aliphatic heterocycles. The van der Waals surface area contributed by atoms with Crippen molar-refractivity contribution < 1.29 is 19.4 Å². The topological polar surface area (TPSA) is 75.6 Å². The van der Waals surface area contributed by atoms with Gasteiger partial charge in [0, 0.05) is 12.1 Å². The molecule has 0 saturated heterocycles. The number of benzene rings is 3. The van der Waals surface area contributed by atoms with E-state index in [0.29, 0.717) is 5.69 Å². The van der Waals surface area contributed by atoms with Crippen molar-refractivity contribution >= 4 is 17.6 Å². The molecule has 1 amide bonds. The maximum Gasteiger partial charge on any atom is 0.347 e. The van der Waals surface area contributed by atoms with Gasteiger partial charge >= 0.3 is 5.97 Å². The smallest absolute Gasteiger partial charge is 0.347 e. The Morgan fingerprint density at radius 1 is 0.900 bits per heavy atom. The molecule has 5 heteroatoms. The standard InChI is InChI=1S/C25H21NO4/c27-21-16-22(19-9-5-2-6-10-19)30-25(29)23(21)24(28)26-20-13-11-18(12-14-20)15-17-7-3-1-4-8-17/h1-14,22,27H,15-16H2,(H,26,28). The van der Waals surface area contributed by atoms with E-state index in [9.17, 15) is 14.7 Å². The fraction of sp³-hybridized carbons (Fsp3) is 0.120. The van der Waals surface area contributed by atoms with Crippen molar-refractivity contribution in [2.24, 2.45) is 0 Å². The van der Waals surface area contributed by atoms with E-state index in [2.05, 4.69) is 17.4 Å². The molecule has 2 N–H and O–H groups in total. The summed E-state index contributed by atoms with van der Waals surface area (Å²) in [5, 5.41) is 13.0. The molecule has 0 radical (unpaired) electrons. The van der Waals surface area contributed by atoms with Crippen LogP contribution in [0.4, 0.5) is 5.69 Å². The van der Waals surface area contributed by atoms with E-state index in [1.165, 1.54) is 5.56 Å².